The molecular formula is C8H17O6P. The molecule has 6 nitrogen and oxygen atoms in total. The molecule has 0 aliphatic rings. The topological polar surface area (TPSA) is 104 Å². The van der Waals surface area contributed by atoms with Gasteiger partial charge in [0.05, 0.1) is 7.11 Å². The average Bonchev–Trinajstić information content (AvgIpc) is 2.11. The lowest BCUT2D eigenvalue weighted by Crippen LogP contribution is -2.03. The maximum absolute atomic E-state index is 10.8. The number of rotatable bonds is 2. The van der Waals surface area contributed by atoms with E-state index in [0.717, 1.165) is 17.6 Å². The monoisotopic (exact) mass is 240 g/mol. The second-order valence-corrected chi connectivity index (χ2v) is 3.79. The second kappa shape index (κ2) is 7.59. The van der Waals surface area contributed by atoms with E-state index in [2.05, 4.69) is 4.74 Å². The molecule has 0 aromatic heterocycles. The molecule has 0 aromatic carbocycles. The van der Waals surface area contributed by atoms with E-state index >= 15 is 0 Å². The van der Waals surface area contributed by atoms with E-state index in [1.54, 1.807) is 6.92 Å². The number of carbonyl (C=O) groups excluding carboxylic acids is 1. The summed E-state index contributed by atoms with van der Waals surface area (Å²) in [7, 11) is -3.24. The number of hydrogen-bond acceptors (Lipinski definition) is 3. The van der Waals surface area contributed by atoms with Gasteiger partial charge in [0.1, 0.15) is 0 Å². The minimum atomic E-state index is -4.64. The van der Waals surface area contributed by atoms with E-state index in [1.807, 2.05) is 13.8 Å². The summed E-state index contributed by atoms with van der Waals surface area (Å²) in [5.41, 5.74) is 1.82. The summed E-state index contributed by atoms with van der Waals surface area (Å²) in [6.45, 7) is 5.73. The van der Waals surface area contributed by atoms with Crippen molar-refractivity contribution < 1.29 is 28.8 Å². The lowest BCUT2D eigenvalue weighted by Gasteiger charge is -2.01. The predicted octanol–water partition coefficient (Wildman–Crippen LogP) is 0.977. The molecule has 3 N–H and O–H groups in total. The van der Waals surface area contributed by atoms with Crippen molar-refractivity contribution in [3.8, 4) is 0 Å². The molecule has 0 rings (SSSR count). The number of esters is 1. The number of methoxy groups -OCH3 is 1. The van der Waals surface area contributed by atoms with Crippen molar-refractivity contribution in [1.29, 1.82) is 0 Å². The molecule has 0 aromatic rings. The maximum Gasteiger partial charge on any atom is 0.466 e. The lowest BCUT2D eigenvalue weighted by atomic mass is 10.1. The summed E-state index contributed by atoms with van der Waals surface area (Å²) in [4.78, 5) is 32.4. The van der Waals surface area contributed by atoms with Gasteiger partial charge in [-0.15, -0.1) is 0 Å². The van der Waals surface area contributed by atoms with E-state index in [9.17, 15) is 4.79 Å². The van der Waals surface area contributed by atoms with Gasteiger partial charge in [0.2, 0.25) is 0 Å². The Morgan fingerprint density at radius 1 is 1.27 bits per heavy atom. The summed E-state index contributed by atoms with van der Waals surface area (Å²) in [6, 6.07) is 0. The van der Waals surface area contributed by atoms with E-state index in [4.69, 9.17) is 19.2 Å². The molecule has 0 fully saturated rings. The van der Waals surface area contributed by atoms with Crippen LogP contribution in [-0.4, -0.2) is 27.8 Å². The molecule has 0 amide bonds. The van der Waals surface area contributed by atoms with Gasteiger partial charge >= 0.3 is 13.8 Å². The molecule has 0 bridgehead atoms. The molecule has 0 spiro atoms. The number of ether oxygens (including phenoxy) is 1. The van der Waals surface area contributed by atoms with Crippen LogP contribution in [0, 0.1) is 0 Å². The highest BCUT2D eigenvalue weighted by Crippen LogP contribution is 2.25. The third-order valence-corrected chi connectivity index (χ3v) is 1.66. The van der Waals surface area contributed by atoms with Crippen molar-refractivity contribution in [2.75, 3.05) is 7.11 Å². The van der Waals surface area contributed by atoms with Crippen LogP contribution in [0.4, 0.5) is 0 Å². The molecule has 0 radical (unpaired) electrons. The van der Waals surface area contributed by atoms with Crippen molar-refractivity contribution in [2.24, 2.45) is 0 Å². The summed E-state index contributed by atoms with van der Waals surface area (Å²) < 4.78 is 13.4. The molecular weight excluding hydrogens is 223 g/mol. The van der Waals surface area contributed by atoms with Crippen molar-refractivity contribution in [2.45, 2.75) is 27.2 Å². The molecule has 0 saturated heterocycles. The van der Waals surface area contributed by atoms with Crippen LogP contribution in [0.5, 0.6) is 0 Å². The molecule has 0 heterocycles. The van der Waals surface area contributed by atoms with Crippen LogP contribution in [0.1, 0.15) is 27.2 Å². The quantitative estimate of drug-likeness (QED) is 0.377. The molecule has 0 unspecified atom stereocenters. The Morgan fingerprint density at radius 2 is 1.60 bits per heavy atom. The Kier molecular flexibility index (Phi) is 8.47. The SMILES string of the molecule is CCC(C)=C(C)C(=O)OC.O=P(O)(O)O. The van der Waals surface area contributed by atoms with Crippen LogP contribution in [0.15, 0.2) is 11.1 Å². The van der Waals surface area contributed by atoms with Crippen molar-refractivity contribution in [3.05, 3.63) is 11.1 Å². The van der Waals surface area contributed by atoms with Gasteiger partial charge in [-0.2, -0.15) is 0 Å². The van der Waals surface area contributed by atoms with E-state index < -0.39 is 7.82 Å². The zero-order chi connectivity index (χ0) is 12.6. The Morgan fingerprint density at radius 3 is 1.80 bits per heavy atom. The number of phosphoric acid groups is 1. The summed E-state index contributed by atoms with van der Waals surface area (Å²) in [5.74, 6) is -0.223. The first-order chi connectivity index (χ1) is 6.63. The normalized spacial score (nSPS) is 12.2. The van der Waals surface area contributed by atoms with Gasteiger partial charge in [-0.05, 0) is 20.3 Å². The summed E-state index contributed by atoms with van der Waals surface area (Å²) in [5, 5.41) is 0. The van der Waals surface area contributed by atoms with E-state index in [-0.39, 0.29) is 5.97 Å². The molecule has 0 aliphatic heterocycles. The zero-order valence-electron chi connectivity index (χ0n) is 9.22. The van der Waals surface area contributed by atoms with Crippen LogP contribution in [0.25, 0.3) is 0 Å². The molecule has 0 atom stereocenters. The molecule has 0 aliphatic carbocycles. The highest BCUT2D eigenvalue weighted by molar-refractivity contribution is 7.45. The maximum atomic E-state index is 10.8. The molecule has 15 heavy (non-hydrogen) atoms. The van der Waals surface area contributed by atoms with Gasteiger partial charge in [0.25, 0.3) is 0 Å². The number of allylic oxidation sites excluding steroid dienone is 1. The van der Waals surface area contributed by atoms with Gasteiger partial charge in [0.15, 0.2) is 0 Å². The van der Waals surface area contributed by atoms with Crippen molar-refractivity contribution in [1.82, 2.24) is 0 Å². The third-order valence-electron chi connectivity index (χ3n) is 1.66. The molecule has 0 saturated carbocycles. The predicted molar refractivity (Wildman–Crippen MR) is 54.9 cm³/mol. The largest absolute Gasteiger partial charge is 0.466 e. The smallest absolute Gasteiger partial charge is 0.466 e. The first-order valence-corrected chi connectivity index (χ1v) is 5.72. The van der Waals surface area contributed by atoms with Crippen LogP contribution >= 0.6 is 7.82 Å². The summed E-state index contributed by atoms with van der Waals surface area (Å²) in [6.07, 6.45) is 0.904. The molecule has 90 valence electrons. The lowest BCUT2D eigenvalue weighted by molar-refractivity contribution is -0.136. The highest BCUT2D eigenvalue weighted by Gasteiger charge is 2.04. The minimum absolute atomic E-state index is 0.223. The highest BCUT2D eigenvalue weighted by atomic mass is 31.2. The van der Waals surface area contributed by atoms with E-state index in [1.165, 1.54) is 7.11 Å². The fourth-order valence-corrected chi connectivity index (χ4v) is 0.592. The third kappa shape index (κ3) is 13.3. The average molecular weight is 240 g/mol. The Hall–Kier alpha value is -0.680. The van der Waals surface area contributed by atoms with Gasteiger partial charge in [-0.1, -0.05) is 12.5 Å². The van der Waals surface area contributed by atoms with Crippen molar-refractivity contribution >= 4 is 13.8 Å². The van der Waals surface area contributed by atoms with E-state index in [0.29, 0.717) is 0 Å². The van der Waals surface area contributed by atoms with Gasteiger partial charge < -0.3 is 19.4 Å². The van der Waals surface area contributed by atoms with Crippen LogP contribution in [0.3, 0.4) is 0 Å². The van der Waals surface area contributed by atoms with Gasteiger partial charge in [-0.25, -0.2) is 9.36 Å². The van der Waals surface area contributed by atoms with Crippen molar-refractivity contribution in [3.63, 3.8) is 0 Å². The second-order valence-electron chi connectivity index (χ2n) is 2.76. The summed E-state index contributed by atoms with van der Waals surface area (Å²) >= 11 is 0. The molecule has 7 heteroatoms. The standard InChI is InChI=1S/C8H14O2.H3O4P/c1-5-6(2)7(3)8(9)10-4;1-5(2,3)4/h5H2,1-4H3;(H3,1,2,3,4). The van der Waals surface area contributed by atoms with Gasteiger partial charge in [-0.3, -0.25) is 0 Å². The zero-order valence-corrected chi connectivity index (χ0v) is 10.1. The Bertz CT molecular complexity index is 269. The fraction of sp³-hybridized carbons (Fsp3) is 0.625. The Labute approximate surface area is 88.8 Å². The fourth-order valence-electron chi connectivity index (χ4n) is 0.592. The number of hydrogen-bond donors (Lipinski definition) is 3. The van der Waals surface area contributed by atoms with Crippen LogP contribution < -0.4 is 0 Å². The number of carbonyl (C=O) groups is 1. The van der Waals surface area contributed by atoms with Crippen LogP contribution in [-0.2, 0) is 14.1 Å². The minimum Gasteiger partial charge on any atom is -0.466 e. The first-order valence-electron chi connectivity index (χ1n) is 4.16. The van der Waals surface area contributed by atoms with Crippen LogP contribution in [0.2, 0.25) is 0 Å². The Balaban J connectivity index is 0. The van der Waals surface area contributed by atoms with Gasteiger partial charge in [0, 0.05) is 5.57 Å². The first kappa shape index (κ1) is 16.7.